The number of anilines is 1. The molecular weight excluding hydrogens is 400 g/mol. The summed E-state index contributed by atoms with van der Waals surface area (Å²) < 4.78 is 1.66. The van der Waals surface area contributed by atoms with Gasteiger partial charge in [-0.1, -0.05) is 41.9 Å². The van der Waals surface area contributed by atoms with Gasteiger partial charge >= 0.3 is 0 Å². The number of aryl methyl sites for hydroxylation is 1. The van der Waals surface area contributed by atoms with E-state index in [1.165, 1.54) is 5.56 Å². The molecule has 6 nitrogen and oxygen atoms in total. The van der Waals surface area contributed by atoms with Crippen LogP contribution in [0.1, 0.15) is 36.2 Å². The SMILES string of the molecule is CC(=O)N1CCc2ccccc2C1CC(=O)Nc1cc(C)nn1-c1cccc(Cl)c1. The van der Waals surface area contributed by atoms with E-state index in [9.17, 15) is 9.59 Å². The third-order valence-corrected chi connectivity index (χ3v) is 5.58. The molecule has 0 radical (unpaired) electrons. The minimum absolute atomic E-state index is 0.0258. The molecule has 1 unspecified atom stereocenters. The van der Waals surface area contributed by atoms with Gasteiger partial charge in [-0.15, -0.1) is 0 Å². The van der Waals surface area contributed by atoms with Crippen LogP contribution in [0.5, 0.6) is 0 Å². The van der Waals surface area contributed by atoms with Crippen molar-refractivity contribution in [3.05, 3.63) is 76.4 Å². The van der Waals surface area contributed by atoms with Gasteiger partial charge < -0.3 is 10.2 Å². The highest BCUT2D eigenvalue weighted by Gasteiger charge is 2.30. The van der Waals surface area contributed by atoms with Gasteiger partial charge in [-0.25, -0.2) is 4.68 Å². The molecule has 1 N–H and O–H groups in total. The lowest BCUT2D eigenvalue weighted by atomic mass is 9.90. The smallest absolute Gasteiger partial charge is 0.227 e. The number of fused-ring (bicyclic) bond motifs is 1. The molecule has 1 aromatic heterocycles. The largest absolute Gasteiger partial charge is 0.335 e. The lowest BCUT2D eigenvalue weighted by Gasteiger charge is -2.36. The van der Waals surface area contributed by atoms with E-state index in [1.54, 1.807) is 28.6 Å². The van der Waals surface area contributed by atoms with Crippen LogP contribution in [0.2, 0.25) is 5.02 Å². The van der Waals surface area contributed by atoms with Crippen molar-refractivity contribution in [1.29, 1.82) is 0 Å². The highest BCUT2D eigenvalue weighted by Crippen LogP contribution is 2.32. The zero-order chi connectivity index (χ0) is 21.3. The first-order valence-corrected chi connectivity index (χ1v) is 10.3. The van der Waals surface area contributed by atoms with Crippen molar-refractivity contribution in [2.45, 2.75) is 32.7 Å². The molecule has 0 bridgehead atoms. The predicted molar refractivity (Wildman–Crippen MR) is 117 cm³/mol. The molecule has 4 rings (SSSR count). The maximum Gasteiger partial charge on any atom is 0.227 e. The number of carbonyl (C=O) groups excluding carboxylic acids is 2. The summed E-state index contributed by atoms with van der Waals surface area (Å²) in [6, 6.07) is 16.8. The van der Waals surface area contributed by atoms with Crippen LogP contribution in [0.15, 0.2) is 54.6 Å². The molecular formula is C23H23ClN4O2. The number of amides is 2. The fraction of sp³-hybridized carbons (Fsp3) is 0.261. The lowest BCUT2D eigenvalue weighted by Crippen LogP contribution is -2.40. The quantitative estimate of drug-likeness (QED) is 0.681. The Hall–Kier alpha value is -3.12. The number of hydrogen-bond acceptors (Lipinski definition) is 3. The second-order valence-corrected chi connectivity index (χ2v) is 7.93. The second kappa shape index (κ2) is 8.32. The first-order valence-electron chi connectivity index (χ1n) is 9.90. The molecule has 2 aromatic carbocycles. The zero-order valence-electron chi connectivity index (χ0n) is 16.9. The summed E-state index contributed by atoms with van der Waals surface area (Å²) in [5, 5.41) is 8.04. The summed E-state index contributed by atoms with van der Waals surface area (Å²) in [6.07, 6.45) is 0.977. The van der Waals surface area contributed by atoms with Gasteiger partial charge in [-0.2, -0.15) is 5.10 Å². The molecule has 7 heteroatoms. The fourth-order valence-electron chi connectivity index (χ4n) is 4.01. The zero-order valence-corrected chi connectivity index (χ0v) is 17.7. The summed E-state index contributed by atoms with van der Waals surface area (Å²) in [4.78, 5) is 27.0. The molecule has 0 saturated heterocycles. The molecule has 1 aliphatic rings. The van der Waals surface area contributed by atoms with Gasteiger partial charge in [0.05, 0.1) is 23.8 Å². The van der Waals surface area contributed by atoms with Crippen LogP contribution >= 0.6 is 11.6 Å². The van der Waals surface area contributed by atoms with Crippen molar-refractivity contribution in [2.75, 3.05) is 11.9 Å². The number of nitrogens with one attached hydrogen (secondary N) is 1. The van der Waals surface area contributed by atoms with Gasteiger partial charge in [0, 0.05) is 24.6 Å². The first kappa shape index (κ1) is 20.2. The van der Waals surface area contributed by atoms with Crippen molar-refractivity contribution in [3.8, 4) is 5.69 Å². The van der Waals surface area contributed by atoms with E-state index in [2.05, 4.69) is 16.5 Å². The van der Waals surface area contributed by atoms with Crippen LogP contribution in [-0.2, 0) is 16.0 Å². The summed E-state index contributed by atoms with van der Waals surface area (Å²) in [5.41, 5.74) is 3.76. The number of hydrogen-bond donors (Lipinski definition) is 1. The monoisotopic (exact) mass is 422 g/mol. The van der Waals surface area contributed by atoms with Crippen molar-refractivity contribution in [2.24, 2.45) is 0 Å². The molecule has 3 aromatic rings. The Bertz CT molecular complexity index is 1110. The van der Waals surface area contributed by atoms with Crippen LogP contribution in [-0.4, -0.2) is 33.0 Å². The van der Waals surface area contributed by atoms with Crippen molar-refractivity contribution in [1.82, 2.24) is 14.7 Å². The number of aromatic nitrogens is 2. The normalized spacial score (nSPS) is 15.6. The Balaban J connectivity index is 1.59. The average Bonchev–Trinajstić information content (AvgIpc) is 3.08. The lowest BCUT2D eigenvalue weighted by molar-refractivity contribution is -0.132. The van der Waals surface area contributed by atoms with Gasteiger partial charge in [-0.3, -0.25) is 9.59 Å². The summed E-state index contributed by atoms with van der Waals surface area (Å²) in [7, 11) is 0. The average molecular weight is 423 g/mol. The summed E-state index contributed by atoms with van der Waals surface area (Å²) in [6.45, 7) is 4.03. The molecule has 0 saturated carbocycles. The van der Waals surface area contributed by atoms with Gasteiger partial charge in [0.1, 0.15) is 5.82 Å². The fourth-order valence-corrected chi connectivity index (χ4v) is 4.20. The Morgan fingerprint density at radius 3 is 2.73 bits per heavy atom. The molecule has 0 aliphatic carbocycles. The molecule has 2 heterocycles. The van der Waals surface area contributed by atoms with E-state index < -0.39 is 0 Å². The van der Waals surface area contributed by atoms with E-state index in [4.69, 9.17) is 11.6 Å². The minimum Gasteiger partial charge on any atom is -0.335 e. The molecule has 0 fully saturated rings. The predicted octanol–water partition coefficient (Wildman–Crippen LogP) is 4.31. The highest BCUT2D eigenvalue weighted by molar-refractivity contribution is 6.30. The molecule has 1 atom stereocenters. The van der Waals surface area contributed by atoms with Gasteiger partial charge in [0.2, 0.25) is 11.8 Å². The molecule has 0 spiro atoms. The Morgan fingerprint density at radius 1 is 1.17 bits per heavy atom. The van der Waals surface area contributed by atoms with Crippen LogP contribution < -0.4 is 5.32 Å². The van der Waals surface area contributed by atoms with Crippen LogP contribution in [0.3, 0.4) is 0 Å². The van der Waals surface area contributed by atoms with Crippen LogP contribution in [0.4, 0.5) is 5.82 Å². The summed E-state index contributed by atoms with van der Waals surface area (Å²) in [5.74, 6) is 0.367. The molecule has 154 valence electrons. The van der Waals surface area contributed by atoms with Gasteiger partial charge in [-0.05, 0) is 42.7 Å². The highest BCUT2D eigenvalue weighted by atomic mass is 35.5. The third kappa shape index (κ3) is 4.09. The molecule has 1 aliphatic heterocycles. The van der Waals surface area contributed by atoms with Crippen LogP contribution in [0, 0.1) is 6.92 Å². The number of benzene rings is 2. The number of nitrogens with zero attached hydrogens (tertiary/aromatic N) is 3. The maximum atomic E-state index is 13.0. The second-order valence-electron chi connectivity index (χ2n) is 7.49. The third-order valence-electron chi connectivity index (χ3n) is 5.35. The Morgan fingerprint density at radius 2 is 1.97 bits per heavy atom. The Labute approximate surface area is 180 Å². The van der Waals surface area contributed by atoms with Crippen LogP contribution in [0.25, 0.3) is 5.69 Å². The minimum atomic E-state index is -0.281. The standard InChI is InChI=1S/C23H23ClN4O2/c1-15-12-22(28(26-15)19-8-5-7-18(24)13-19)25-23(30)14-21-20-9-4-3-6-17(20)10-11-27(21)16(2)29/h3-9,12-13,21H,10-11,14H2,1-2H3,(H,25,30). The maximum absolute atomic E-state index is 13.0. The van der Waals surface area contributed by atoms with E-state index in [1.807, 2.05) is 43.3 Å². The van der Waals surface area contributed by atoms with Crippen molar-refractivity contribution in [3.63, 3.8) is 0 Å². The van der Waals surface area contributed by atoms with Gasteiger partial charge in [0.25, 0.3) is 0 Å². The van der Waals surface area contributed by atoms with E-state index in [0.717, 1.165) is 23.4 Å². The number of rotatable bonds is 4. The molecule has 2 amide bonds. The number of carbonyl (C=O) groups is 2. The van der Waals surface area contributed by atoms with E-state index in [0.29, 0.717) is 17.4 Å². The van der Waals surface area contributed by atoms with Crippen molar-refractivity contribution < 1.29 is 9.59 Å². The van der Waals surface area contributed by atoms with Gasteiger partial charge in [0.15, 0.2) is 0 Å². The Kier molecular flexibility index (Phi) is 5.59. The summed E-state index contributed by atoms with van der Waals surface area (Å²) >= 11 is 6.12. The van der Waals surface area contributed by atoms with E-state index >= 15 is 0 Å². The number of halogens is 1. The van der Waals surface area contributed by atoms with E-state index in [-0.39, 0.29) is 24.3 Å². The topological polar surface area (TPSA) is 67.2 Å². The first-order chi connectivity index (χ1) is 14.4. The van der Waals surface area contributed by atoms with Crippen molar-refractivity contribution >= 4 is 29.2 Å². The molecule has 30 heavy (non-hydrogen) atoms.